The molecule has 0 aliphatic carbocycles. The third kappa shape index (κ3) is 41.4. The number of nitrogens with one attached hydrogen (secondary N) is 1. The van der Waals surface area contributed by atoms with E-state index < -0.39 is 0 Å². The standard InChI is InChI=1S/C40H79NO2/c1-3-42-39-35-31-27-23-19-15-11-7-5-9-13-17-21-25-29-33-37-41-38-34-30-26-22-18-14-10-6-8-12-16-20-24-28-32-36-40-43-4-2/h5-8,41H,3-4,9-40H2,1-2H3/b7-5-,8-6-. The van der Waals surface area contributed by atoms with Crippen molar-refractivity contribution in [2.24, 2.45) is 0 Å². The van der Waals surface area contributed by atoms with E-state index in [0.717, 1.165) is 26.4 Å². The predicted molar refractivity (Wildman–Crippen MR) is 193 cm³/mol. The second kappa shape index (κ2) is 41.4. The Bertz CT molecular complexity index is 487. The Morgan fingerprint density at radius 3 is 0.884 bits per heavy atom. The number of hydrogen-bond donors (Lipinski definition) is 1. The van der Waals surface area contributed by atoms with Crippen LogP contribution in [0.15, 0.2) is 24.3 Å². The molecule has 43 heavy (non-hydrogen) atoms. The molecule has 0 saturated heterocycles. The van der Waals surface area contributed by atoms with Crippen LogP contribution in [-0.2, 0) is 9.47 Å². The molecule has 1 N–H and O–H groups in total. The van der Waals surface area contributed by atoms with Crippen LogP contribution in [-0.4, -0.2) is 39.5 Å². The van der Waals surface area contributed by atoms with Crippen molar-refractivity contribution in [3.8, 4) is 0 Å². The second-order valence-corrected chi connectivity index (χ2v) is 12.7. The molecule has 0 aromatic heterocycles. The Morgan fingerprint density at radius 2 is 0.581 bits per heavy atom. The van der Waals surface area contributed by atoms with E-state index in [1.165, 1.54) is 193 Å². The highest BCUT2D eigenvalue weighted by molar-refractivity contribution is 4.82. The van der Waals surface area contributed by atoms with Crippen LogP contribution in [0.5, 0.6) is 0 Å². The third-order valence-electron chi connectivity index (χ3n) is 8.51. The molecule has 0 unspecified atom stereocenters. The topological polar surface area (TPSA) is 30.5 Å². The lowest BCUT2D eigenvalue weighted by Crippen LogP contribution is -2.16. The average Bonchev–Trinajstić information content (AvgIpc) is 3.02. The van der Waals surface area contributed by atoms with Crippen molar-refractivity contribution < 1.29 is 9.47 Å². The summed E-state index contributed by atoms with van der Waals surface area (Å²) in [6.07, 6.45) is 47.8. The maximum absolute atomic E-state index is 5.39. The molecule has 0 aromatic rings. The summed E-state index contributed by atoms with van der Waals surface area (Å²) >= 11 is 0. The summed E-state index contributed by atoms with van der Waals surface area (Å²) in [5, 5.41) is 3.67. The zero-order valence-electron chi connectivity index (χ0n) is 29.7. The van der Waals surface area contributed by atoms with Crippen LogP contribution >= 0.6 is 0 Å². The molecular formula is C40H79NO2. The normalized spacial score (nSPS) is 12.0. The Balaban J connectivity index is 3.11. The fourth-order valence-electron chi connectivity index (χ4n) is 5.67. The lowest BCUT2D eigenvalue weighted by Gasteiger charge is -2.05. The third-order valence-corrected chi connectivity index (χ3v) is 8.51. The molecule has 0 rings (SSSR count). The summed E-state index contributed by atoms with van der Waals surface area (Å²) in [7, 11) is 0. The molecule has 0 aromatic carbocycles. The monoisotopic (exact) mass is 606 g/mol. The van der Waals surface area contributed by atoms with Gasteiger partial charge in [0.15, 0.2) is 0 Å². The molecule has 0 aliphatic rings. The van der Waals surface area contributed by atoms with Gasteiger partial charge in [0.1, 0.15) is 0 Å². The van der Waals surface area contributed by atoms with Crippen LogP contribution in [0.2, 0.25) is 0 Å². The van der Waals surface area contributed by atoms with E-state index in [2.05, 4.69) is 43.5 Å². The summed E-state index contributed by atoms with van der Waals surface area (Å²) in [5.74, 6) is 0. The molecule has 0 amide bonds. The van der Waals surface area contributed by atoms with Gasteiger partial charge >= 0.3 is 0 Å². The largest absolute Gasteiger partial charge is 0.382 e. The van der Waals surface area contributed by atoms with Crippen LogP contribution in [0.25, 0.3) is 0 Å². The average molecular weight is 606 g/mol. The highest BCUT2D eigenvalue weighted by Gasteiger charge is 1.95. The van der Waals surface area contributed by atoms with Gasteiger partial charge < -0.3 is 14.8 Å². The van der Waals surface area contributed by atoms with E-state index in [9.17, 15) is 0 Å². The molecule has 0 atom stereocenters. The van der Waals surface area contributed by atoms with Crippen molar-refractivity contribution >= 4 is 0 Å². The minimum Gasteiger partial charge on any atom is -0.382 e. The first-order valence-corrected chi connectivity index (χ1v) is 19.6. The molecule has 0 bridgehead atoms. The van der Waals surface area contributed by atoms with Crippen LogP contribution in [0, 0.1) is 0 Å². The second-order valence-electron chi connectivity index (χ2n) is 12.7. The first kappa shape index (κ1) is 42.4. The quantitative estimate of drug-likeness (QED) is 0.0561. The predicted octanol–water partition coefficient (Wildman–Crippen LogP) is 12.7. The first-order chi connectivity index (χ1) is 21.4. The highest BCUT2D eigenvalue weighted by Crippen LogP contribution is 2.12. The lowest BCUT2D eigenvalue weighted by atomic mass is 10.1. The molecule has 256 valence electrons. The van der Waals surface area contributed by atoms with Gasteiger partial charge in [-0.15, -0.1) is 0 Å². The molecule has 0 spiro atoms. The summed E-state index contributed by atoms with van der Waals surface area (Å²) < 4.78 is 10.8. The molecule has 3 heteroatoms. The molecule has 0 radical (unpaired) electrons. The van der Waals surface area contributed by atoms with Gasteiger partial charge in [0.05, 0.1) is 0 Å². The van der Waals surface area contributed by atoms with Crippen molar-refractivity contribution in [1.82, 2.24) is 5.32 Å². The smallest absolute Gasteiger partial charge is 0.0465 e. The van der Waals surface area contributed by atoms with Crippen molar-refractivity contribution in [3.63, 3.8) is 0 Å². The van der Waals surface area contributed by atoms with Crippen LogP contribution in [0.3, 0.4) is 0 Å². The van der Waals surface area contributed by atoms with Crippen molar-refractivity contribution in [2.45, 2.75) is 194 Å². The summed E-state index contributed by atoms with van der Waals surface area (Å²) in [4.78, 5) is 0. The van der Waals surface area contributed by atoms with Crippen LogP contribution in [0.1, 0.15) is 194 Å². The van der Waals surface area contributed by atoms with Crippen molar-refractivity contribution in [1.29, 1.82) is 0 Å². The van der Waals surface area contributed by atoms with E-state index in [1.807, 2.05) is 0 Å². The summed E-state index contributed by atoms with van der Waals surface area (Å²) in [6.45, 7) is 10.2. The minimum absolute atomic E-state index is 0.863. The van der Waals surface area contributed by atoms with Gasteiger partial charge in [0, 0.05) is 26.4 Å². The number of hydrogen-bond acceptors (Lipinski definition) is 3. The minimum atomic E-state index is 0.863. The maximum atomic E-state index is 5.39. The van der Waals surface area contributed by atoms with Gasteiger partial charge in [0.25, 0.3) is 0 Å². The van der Waals surface area contributed by atoms with Crippen molar-refractivity contribution in [3.05, 3.63) is 24.3 Å². The Morgan fingerprint density at radius 1 is 0.326 bits per heavy atom. The number of unbranched alkanes of at least 4 members (excludes halogenated alkanes) is 24. The molecule has 3 nitrogen and oxygen atoms in total. The Labute approximate surface area is 271 Å². The van der Waals surface area contributed by atoms with E-state index in [4.69, 9.17) is 9.47 Å². The maximum Gasteiger partial charge on any atom is 0.0465 e. The molecule has 0 heterocycles. The lowest BCUT2D eigenvalue weighted by molar-refractivity contribution is 0.142. The SMILES string of the molecule is CCOCCCCCCCC/C=C\CCCCCCCCNCCCCCCCC/C=C\CCCCCCCCOCC. The first-order valence-electron chi connectivity index (χ1n) is 19.6. The summed E-state index contributed by atoms with van der Waals surface area (Å²) in [5.41, 5.74) is 0. The molecule has 0 saturated carbocycles. The van der Waals surface area contributed by atoms with Crippen LogP contribution in [0.4, 0.5) is 0 Å². The molecular weight excluding hydrogens is 526 g/mol. The number of allylic oxidation sites excluding steroid dienone is 4. The Hall–Kier alpha value is -0.640. The van der Waals surface area contributed by atoms with Gasteiger partial charge in [0.2, 0.25) is 0 Å². The molecule has 0 fully saturated rings. The Kier molecular flexibility index (Phi) is 40.7. The van der Waals surface area contributed by atoms with Gasteiger partial charge in [-0.3, -0.25) is 0 Å². The van der Waals surface area contributed by atoms with E-state index >= 15 is 0 Å². The fourth-order valence-corrected chi connectivity index (χ4v) is 5.67. The summed E-state index contributed by atoms with van der Waals surface area (Å²) in [6, 6.07) is 0. The van der Waals surface area contributed by atoms with Crippen LogP contribution < -0.4 is 5.32 Å². The zero-order chi connectivity index (χ0) is 31.0. The van der Waals surface area contributed by atoms with E-state index in [0.29, 0.717) is 0 Å². The molecule has 0 aliphatic heterocycles. The number of rotatable bonds is 38. The van der Waals surface area contributed by atoms with E-state index in [-0.39, 0.29) is 0 Å². The van der Waals surface area contributed by atoms with Gasteiger partial charge in [-0.05, 0) is 104 Å². The fraction of sp³-hybridized carbons (Fsp3) is 0.900. The van der Waals surface area contributed by atoms with E-state index in [1.54, 1.807) is 0 Å². The van der Waals surface area contributed by atoms with Gasteiger partial charge in [-0.2, -0.15) is 0 Å². The van der Waals surface area contributed by atoms with Gasteiger partial charge in [-0.1, -0.05) is 127 Å². The van der Waals surface area contributed by atoms with Crippen molar-refractivity contribution in [2.75, 3.05) is 39.5 Å². The highest BCUT2D eigenvalue weighted by atomic mass is 16.5. The van der Waals surface area contributed by atoms with Gasteiger partial charge in [-0.25, -0.2) is 0 Å². The number of ether oxygens (including phenoxy) is 2. The zero-order valence-corrected chi connectivity index (χ0v) is 29.7.